The van der Waals surface area contributed by atoms with Crippen LogP contribution in [0.1, 0.15) is 32.3 Å². The molecule has 0 bridgehead atoms. The number of likely N-dealkylation sites (tertiary alicyclic amines) is 1. The van der Waals surface area contributed by atoms with Gasteiger partial charge in [0, 0.05) is 28.6 Å². The van der Waals surface area contributed by atoms with E-state index in [0.29, 0.717) is 12.0 Å². The first-order chi connectivity index (χ1) is 9.58. The third-order valence-electron chi connectivity index (χ3n) is 4.06. The number of nitrogens with one attached hydrogen (secondary N) is 1. The third kappa shape index (κ3) is 4.45. The second-order valence-corrected chi connectivity index (χ2v) is 7.24. The number of rotatable bonds is 6. The summed E-state index contributed by atoms with van der Waals surface area (Å²) in [7, 11) is 0. The molecule has 1 N–H and O–H groups in total. The van der Waals surface area contributed by atoms with Gasteiger partial charge in [-0.2, -0.15) is 0 Å². The van der Waals surface area contributed by atoms with Gasteiger partial charge in [0.25, 0.3) is 0 Å². The number of hydrogen-bond acceptors (Lipinski definition) is 2. The molecule has 1 saturated heterocycles. The van der Waals surface area contributed by atoms with Crippen molar-refractivity contribution in [2.75, 3.05) is 19.6 Å². The highest BCUT2D eigenvalue weighted by Gasteiger charge is 2.23. The van der Waals surface area contributed by atoms with E-state index >= 15 is 0 Å². The maximum Gasteiger partial charge on any atom is 0.0462 e. The molecule has 2 rings (SSSR count). The highest BCUT2D eigenvalue weighted by Crippen LogP contribution is 2.21. The molecule has 1 heterocycles. The Kier molecular flexibility index (Phi) is 6.34. The topological polar surface area (TPSA) is 15.3 Å². The maximum atomic E-state index is 6.25. The zero-order valence-electron chi connectivity index (χ0n) is 12.3. The first kappa shape index (κ1) is 16.3. The average Bonchev–Trinajstić information content (AvgIpc) is 2.90. The van der Waals surface area contributed by atoms with Crippen molar-refractivity contribution in [1.29, 1.82) is 0 Å². The number of nitrogens with zero attached hydrogens (tertiary/aromatic N) is 1. The van der Waals surface area contributed by atoms with Gasteiger partial charge in [-0.05, 0) is 49.5 Å². The molecular weight excluding hydrogens is 336 g/mol. The Balaban J connectivity index is 1.86. The van der Waals surface area contributed by atoms with Crippen LogP contribution in [0.5, 0.6) is 0 Å². The van der Waals surface area contributed by atoms with E-state index in [1.165, 1.54) is 31.5 Å². The van der Waals surface area contributed by atoms with Crippen LogP contribution < -0.4 is 5.32 Å². The molecule has 1 atom stereocenters. The second-order valence-electron chi connectivity index (χ2n) is 5.92. The highest BCUT2D eigenvalue weighted by atomic mass is 79.9. The molecule has 0 saturated carbocycles. The van der Waals surface area contributed by atoms with Gasteiger partial charge in [0.15, 0.2) is 0 Å². The molecule has 112 valence electrons. The van der Waals surface area contributed by atoms with Crippen molar-refractivity contribution in [2.45, 2.75) is 39.3 Å². The average molecular weight is 360 g/mol. The Hall–Kier alpha value is -0.0900. The maximum absolute atomic E-state index is 6.25. The molecule has 1 unspecified atom stereocenters. The standard InChI is InChI=1S/C16H24BrClN2/c1-12(2)16(20-7-3-4-8-20)11-19-10-13-5-6-14(17)9-15(13)18/h5-6,9,12,16,19H,3-4,7-8,10-11H2,1-2H3. The predicted molar refractivity (Wildman–Crippen MR) is 90.3 cm³/mol. The molecule has 0 amide bonds. The lowest BCUT2D eigenvalue weighted by molar-refractivity contribution is 0.186. The smallest absolute Gasteiger partial charge is 0.0462 e. The number of halogens is 2. The van der Waals surface area contributed by atoms with Crippen molar-refractivity contribution in [3.05, 3.63) is 33.3 Å². The van der Waals surface area contributed by atoms with Crippen LogP contribution in [-0.4, -0.2) is 30.6 Å². The van der Waals surface area contributed by atoms with Crippen LogP contribution in [-0.2, 0) is 6.54 Å². The minimum absolute atomic E-state index is 0.631. The Morgan fingerprint density at radius 3 is 2.60 bits per heavy atom. The molecule has 1 aromatic rings. The molecule has 20 heavy (non-hydrogen) atoms. The summed E-state index contributed by atoms with van der Waals surface area (Å²) >= 11 is 9.69. The van der Waals surface area contributed by atoms with E-state index in [0.717, 1.165) is 22.6 Å². The van der Waals surface area contributed by atoms with Crippen LogP contribution in [0.2, 0.25) is 5.02 Å². The minimum atomic E-state index is 0.631. The fourth-order valence-corrected chi connectivity index (χ4v) is 3.62. The van der Waals surface area contributed by atoms with Crippen molar-refractivity contribution in [2.24, 2.45) is 5.92 Å². The van der Waals surface area contributed by atoms with Crippen molar-refractivity contribution in [3.63, 3.8) is 0 Å². The lowest BCUT2D eigenvalue weighted by Crippen LogP contribution is -2.44. The van der Waals surface area contributed by atoms with Gasteiger partial charge in [0.1, 0.15) is 0 Å². The van der Waals surface area contributed by atoms with Crippen molar-refractivity contribution in [1.82, 2.24) is 10.2 Å². The second kappa shape index (κ2) is 7.79. The van der Waals surface area contributed by atoms with Gasteiger partial charge in [0.2, 0.25) is 0 Å². The first-order valence-corrected chi connectivity index (χ1v) is 8.63. The molecule has 1 aliphatic rings. The van der Waals surface area contributed by atoms with E-state index in [1.54, 1.807) is 0 Å². The molecule has 0 radical (unpaired) electrons. The quantitative estimate of drug-likeness (QED) is 0.814. The summed E-state index contributed by atoms with van der Waals surface area (Å²) in [6.45, 7) is 9.01. The molecular formula is C16H24BrClN2. The molecule has 0 spiro atoms. The fourth-order valence-electron chi connectivity index (χ4n) is 2.88. The van der Waals surface area contributed by atoms with Crippen molar-refractivity contribution < 1.29 is 0 Å². The summed E-state index contributed by atoms with van der Waals surface area (Å²) in [4.78, 5) is 2.63. The lowest BCUT2D eigenvalue weighted by Gasteiger charge is -2.31. The summed E-state index contributed by atoms with van der Waals surface area (Å²) in [5.41, 5.74) is 1.17. The van der Waals surface area contributed by atoms with Gasteiger partial charge in [-0.15, -0.1) is 0 Å². The molecule has 1 aliphatic heterocycles. The van der Waals surface area contributed by atoms with Crippen LogP contribution in [0.4, 0.5) is 0 Å². The predicted octanol–water partition coefficient (Wildman–Crippen LogP) is 4.31. The third-order valence-corrected chi connectivity index (χ3v) is 4.91. The fraction of sp³-hybridized carbons (Fsp3) is 0.625. The minimum Gasteiger partial charge on any atom is -0.311 e. The molecule has 0 aromatic heterocycles. The largest absolute Gasteiger partial charge is 0.311 e. The Morgan fingerprint density at radius 1 is 1.30 bits per heavy atom. The Morgan fingerprint density at radius 2 is 2.00 bits per heavy atom. The van der Waals surface area contributed by atoms with Crippen LogP contribution >= 0.6 is 27.5 Å². The van der Waals surface area contributed by atoms with E-state index in [2.05, 4.69) is 46.1 Å². The van der Waals surface area contributed by atoms with Crippen molar-refractivity contribution >= 4 is 27.5 Å². The Labute approximate surface area is 136 Å². The Bertz CT molecular complexity index is 430. The van der Waals surface area contributed by atoms with Crippen LogP contribution in [0.3, 0.4) is 0 Å². The zero-order valence-corrected chi connectivity index (χ0v) is 14.7. The molecule has 4 heteroatoms. The van der Waals surface area contributed by atoms with E-state index in [9.17, 15) is 0 Å². The van der Waals surface area contributed by atoms with Gasteiger partial charge < -0.3 is 5.32 Å². The van der Waals surface area contributed by atoms with Gasteiger partial charge in [-0.1, -0.05) is 47.4 Å². The molecule has 2 nitrogen and oxygen atoms in total. The van der Waals surface area contributed by atoms with E-state index in [4.69, 9.17) is 11.6 Å². The summed E-state index contributed by atoms with van der Waals surface area (Å²) in [5, 5.41) is 4.41. The normalized spacial score (nSPS) is 17.9. The monoisotopic (exact) mass is 358 g/mol. The van der Waals surface area contributed by atoms with Crippen LogP contribution in [0.25, 0.3) is 0 Å². The van der Waals surface area contributed by atoms with E-state index in [-0.39, 0.29) is 0 Å². The summed E-state index contributed by atoms with van der Waals surface area (Å²) in [6, 6.07) is 6.72. The van der Waals surface area contributed by atoms with E-state index < -0.39 is 0 Å². The van der Waals surface area contributed by atoms with Crippen LogP contribution in [0, 0.1) is 5.92 Å². The first-order valence-electron chi connectivity index (χ1n) is 7.46. The van der Waals surface area contributed by atoms with Crippen molar-refractivity contribution in [3.8, 4) is 0 Å². The SMILES string of the molecule is CC(C)C(CNCc1ccc(Br)cc1Cl)N1CCCC1. The van der Waals surface area contributed by atoms with Gasteiger partial charge in [-0.25, -0.2) is 0 Å². The lowest BCUT2D eigenvalue weighted by atomic mass is 10.0. The number of hydrogen-bond donors (Lipinski definition) is 1. The summed E-state index contributed by atoms with van der Waals surface area (Å²) in [6.07, 6.45) is 2.70. The molecule has 1 aromatic carbocycles. The van der Waals surface area contributed by atoms with E-state index in [1.807, 2.05) is 12.1 Å². The number of benzene rings is 1. The van der Waals surface area contributed by atoms with Gasteiger partial charge >= 0.3 is 0 Å². The molecule has 1 fully saturated rings. The highest BCUT2D eigenvalue weighted by molar-refractivity contribution is 9.10. The van der Waals surface area contributed by atoms with Crippen LogP contribution in [0.15, 0.2) is 22.7 Å². The zero-order chi connectivity index (χ0) is 14.5. The molecule has 0 aliphatic carbocycles. The van der Waals surface area contributed by atoms with Gasteiger partial charge in [-0.3, -0.25) is 4.90 Å². The summed E-state index contributed by atoms with van der Waals surface area (Å²) < 4.78 is 1.03. The summed E-state index contributed by atoms with van der Waals surface area (Å²) in [5.74, 6) is 0.681. The van der Waals surface area contributed by atoms with Gasteiger partial charge in [0.05, 0.1) is 0 Å².